The number of aromatic nitrogens is 3. The van der Waals surface area contributed by atoms with E-state index in [4.69, 9.17) is 0 Å². The van der Waals surface area contributed by atoms with Crippen LogP contribution in [0, 0.1) is 31.1 Å². The molecule has 1 N–H and O–H groups in total. The van der Waals surface area contributed by atoms with E-state index in [0.29, 0.717) is 12.2 Å². The largest absolute Gasteiger partial charge is 0.351 e. The van der Waals surface area contributed by atoms with Gasteiger partial charge in [0.05, 0.1) is 23.4 Å². The maximum atomic E-state index is 12.8. The summed E-state index contributed by atoms with van der Waals surface area (Å²) in [5.74, 6) is 0.771. The van der Waals surface area contributed by atoms with Gasteiger partial charge in [0.1, 0.15) is 5.69 Å². The fraction of sp³-hybridized carbons (Fsp3) is 0.565. The number of nitriles is 1. The predicted molar refractivity (Wildman–Crippen MR) is 111 cm³/mol. The second-order valence-corrected chi connectivity index (χ2v) is 8.68. The van der Waals surface area contributed by atoms with Crippen molar-refractivity contribution in [3.63, 3.8) is 0 Å². The van der Waals surface area contributed by atoms with Gasteiger partial charge in [-0.05, 0) is 56.2 Å². The van der Waals surface area contributed by atoms with Crippen molar-refractivity contribution < 1.29 is 4.79 Å². The molecule has 0 radical (unpaired) electrons. The van der Waals surface area contributed by atoms with Gasteiger partial charge in [0.15, 0.2) is 0 Å². The summed E-state index contributed by atoms with van der Waals surface area (Å²) >= 11 is 0. The van der Waals surface area contributed by atoms with Crippen LogP contribution in [-0.4, -0.2) is 27.2 Å². The molecule has 6 heteroatoms. The molecule has 0 aliphatic heterocycles. The van der Waals surface area contributed by atoms with Crippen molar-refractivity contribution in [3.05, 3.63) is 34.9 Å². The highest BCUT2D eigenvalue weighted by Gasteiger charge is 2.48. The molecule has 0 atom stereocenters. The minimum absolute atomic E-state index is 0.158. The number of nitrogens with zero attached hydrogens (tertiary/aromatic N) is 4. The van der Waals surface area contributed by atoms with Gasteiger partial charge in [-0.15, -0.1) is 0 Å². The molecule has 2 fully saturated rings. The van der Waals surface area contributed by atoms with Crippen molar-refractivity contribution in [1.82, 2.24) is 20.1 Å². The first-order valence-corrected chi connectivity index (χ1v) is 10.7. The molecule has 0 bridgehead atoms. The number of carbonyl (C=O) groups excluding carboxylic acids is 1. The van der Waals surface area contributed by atoms with Crippen LogP contribution in [0.4, 0.5) is 0 Å². The monoisotopic (exact) mass is 391 g/mol. The number of aryl methyl sites for hydroxylation is 1. The Balaban J connectivity index is 1.60. The van der Waals surface area contributed by atoms with Crippen LogP contribution < -0.4 is 5.32 Å². The highest BCUT2D eigenvalue weighted by Crippen LogP contribution is 2.49. The Morgan fingerprint density at radius 2 is 2.07 bits per heavy atom. The number of rotatable bonds is 8. The first kappa shape index (κ1) is 19.6. The van der Waals surface area contributed by atoms with E-state index >= 15 is 0 Å². The van der Waals surface area contributed by atoms with E-state index in [-0.39, 0.29) is 5.91 Å². The second-order valence-electron chi connectivity index (χ2n) is 8.68. The zero-order chi connectivity index (χ0) is 20.6. The van der Waals surface area contributed by atoms with Crippen LogP contribution in [0.15, 0.2) is 12.3 Å². The molecule has 0 spiro atoms. The minimum Gasteiger partial charge on any atom is -0.351 e. The van der Waals surface area contributed by atoms with Gasteiger partial charge in [0.25, 0.3) is 5.91 Å². The Kier molecular flexibility index (Phi) is 5.16. The average Bonchev–Trinajstić information content (AvgIpc) is 3.63. The number of nitrogens with one attached hydrogen (secondary N) is 1. The number of carbonyl (C=O) groups is 1. The molecule has 2 aromatic heterocycles. The maximum absolute atomic E-state index is 12.8. The molecule has 1 amide bonds. The Hall–Kier alpha value is -2.68. The zero-order valence-corrected chi connectivity index (χ0v) is 17.6. The molecule has 0 unspecified atom stereocenters. The van der Waals surface area contributed by atoms with Crippen molar-refractivity contribution in [2.24, 2.45) is 13.0 Å². The summed E-state index contributed by atoms with van der Waals surface area (Å²) in [6.07, 6.45) is 9.61. The summed E-state index contributed by atoms with van der Waals surface area (Å²) in [6.45, 7) is 4.68. The lowest BCUT2D eigenvalue weighted by Crippen LogP contribution is -2.26. The molecule has 0 saturated heterocycles. The van der Waals surface area contributed by atoms with Gasteiger partial charge in [-0.1, -0.05) is 25.7 Å². The Labute approximate surface area is 172 Å². The van der Waals surface area contributed by atoms with Crippen molar-refractivity contribution in [1.29, 1.82) is 5.26 Å². The second kappa shape index (κ2) is 7.62. The van der Waals surface area contributed by atoms with Gasteiger partial charge in [-0.2, -0.15) is 10.4 Å². The first-order chi connectivity index (χ1) is 13.9. The summed E-state index contributed by atoms with van der Waals surface area (Å²) in [7, 11) is 1.91. The first-order valence-electron chi connectivity index (χ1n) is 10.7. The van der Waals surface area contributed by atoms with Crippen LogP contribution >= 0.6 is 0 Å². The van der Waals surface area contributed by atoms with Crippen molar-refractivity contribution >= 4 is 5.91 Å². The van der Waals surface area contributed by atoms with Crippen molar-refractivity contribution in [2.75, 3.05) is 6.54 Å². The molecule has 2 aromatic rings. The lowest BCUT2D eigenvalue weighted by Gasteiger charge is -2.16. The fourth-order valence-corrected chi connectivity index (χ4v) is 4.02. The molecular weight excluding hydrogens is 362 g/mol. The topological polar surface area (TPSA) is 83.6 Å². The highest BCUT2D eigenvalue weighted by molar-refractivity contribution is 5.94. The summed E-state index contributed by atoms with van der Waals surface area (Å²) in [6, 6.07) is 4.29. The number of pyridine rings is 1. The number of hydrogen-bond acceptors (Lipinski definition) is 4. The molecule has 2 saturated carbocycles. The summed E-state index contributed by atoms with van der Waals surface area (Å²) in [5, 5.41) is 17.1. The quantitative estimate of drug-likeness (QED) is 0.690. The van der Waals surface area contributed by atoms with Crippen molar-refractivity contribution in [2.45, 2.75) is 64.2 Å². The Morgan fingerprint density at radius 3 is 2.66 bits per heavy atom. The predicted octanol–water partition coefficient (Wildman–Crippen LogP) is 3.96. The lowest BCUT2D eigenvalue weighted by atomic mass is 9.92. The third-order valence-electron chi connectivity index (χ3n) is 6.47. The van der Waals surface area contributed by atoms with E-state index in [1.54, 1.807) is 0 Å². The summed E-state index contributed by atoms with van der Waals surface area (Å²) in [5.41, 5.74) is 4.53. The number of unbranched alkanes of at least 4 members (excludes halogenated alkanes) is 1. The number of hydrogen-bond donors (Lipinski definition) is 1. The smallest absolute Gasteiger partial charge is 0.269 e. The third-order valence-corrected chi connectivity index (χ3v) is 6.47. The van der Waals surface area contributed by atoms with Gasteiger partial charge in [-0.25, -0.2) is 4.98 Å². The summed E-state index contributed by atoms with van der Waals surface area (Å²) < 4.78 is 1.83. The number of amides is 1. The third kappa shape index (κ3) is 3.91. The van der Waals surface area contributed by atoms with E-state index in [2.05, 4.69) is 21.5 Å². The van der Waals surface area contributed by atoms with Gasteiger partial charge in [0, 0.05) is 24.8 Å². The molecule has 152 valence electrons. The molecule has 2 aliphatic rings. The van der Waals surface area contributed by atoms with Crippen LogP contribution in [0.1, 0.15) is 72.4 Å². The summed E-state index contributed by atoms with van der Waals surface area (Å²) in [4.78, 5) is 17.5. The normalized spacial score (nSPS) is 17.0. The highest BCUT2D eigenvalue weighted by atomic mass is 16.1. The van der Waals surface area contributed by atoms with E-state index in [1.165, 1.54) is 19.3 Å². The van der Waals surface area contributed by atoms with Gasteiger partial charge >= 0.3 is 0 Å². The molecule has 6 nitrogen and oxygen atoms in total. The average molecular weight is 392 g/mol. The molecule has 0 aromatic carbocycles. The van der Waals surface area contributed by atoms with Gasteiger partial charge < -0.3 is 5.32 Å². The van der Waals surface area contributed by atoms with Crippen LogP contribution in [0.25, 0.3) is 11.1 Å². The molecular formula is C23H29N5O. The fourth-order valence-electron chi connectivity index (χ4n) is 4.02. The van der Waals surface area contributed by atoms with Gasteiger partial charge in [0.2, 0.25) is 0 Å². The molecule has 2 heterocycles. The zero-order valence-electron chi connectivity index (χ0n) is 17.6. The van der Waals surface area contributed by atoms with Crippen LogP contribution in [0.3, 0.4) is 0 Å². The van der Waals surface area contributed by atoms with Crippen LogP contribution in [0.2, 0.25) is 0 Å². The minimum atomic E-state index is -0.546. The Bertz CT molecular complexity index is 976. The standard InChI is InChI=1S/C23H29N5O/c1-15-18(19-13-26-28(3)16(19)2)12-20(27-21(15)23(14-24)9-10-23)22(29)25-11-5-4-6-17-7-8-17/h12-13,17H,4-11H2,1-3H3,(H,25,29). The molecule has 29 heavy (non-hydrogen) atoms. The van der Waals surface area contributed by atoms with Crippen LogP contribution in [-0.2, 0) is 12.5 Å². The van der Waals surface area contributed by atoms with Gasteiger partial charge in [-0.3, -0.25) is 9.48 Å². The van der Waals surface area contributed by atoms with Crippen LogP contribution in [0.5, 0.6) is 0 Å². The SMILES string of the molecule is Cc1c(-c2cnn(C)c2C)cc(C(=O)NCCCCC2CC2)nc1C1(C#N)CC1. The Morgan fingerprint density at radius 1 is 1.31 bits per heavy atom. The maximum Gasteiger partial charge on any atom is 0.269 e. The molecule has 2 aliphatic carbocycles. The van der Waals surface area contributed by atoms with E-state index in [0.717, 1.165) is 59.7 Å². The van der Waals surface area contributed by atoms with E-state index in [9.17, 15) is 10.1 Å². The lowest BCUT2D eigenvalue weighted by molar-refractivity contribution is 0.0947. The molecule has 4 rings (SSSR count). The van der Waals surface area contributed by atoms with E-state index in [1.807, 2.05) is 37.8 Å². The van der Waals surface area contributed by atoms with Crippen molar-refractivity contribution in [3.8, 4) is 17.2 Å². The van der Waals surface area contributed by atoms with E-state index < -0.39 is 5.41 Å².